The van der Waals surface area contributed by atoms with E-state index in [2.05, 4.69) is 29.6 Å². The molecule has 2 atom stereocenters. The summed E-state index contributed by atoms with van der Waals surface area (Å²) in [5, 5.41) is 3.70. The van der Waals surface area contributed by atoms with Gasteiger partial charge in [0.05, 0.1) is 0 Å². The Morgan fingerprint density at radius 3 is 2.67 bits per heavy atom. The van der Waals surface area contributed by atoms with Gasteiger partial charge >= 0.3 is 0 Å². The van der Waals surface area contributed by atoms with Crippen LogP contribution < -0.4 is 5.32 Å². The molecule has 1 aromatic rings. The number of para-hydroxylation sites is 1. The third-order valence-corrected chi connectivity index (χ3v) is 3.97. The average Bonchev–Trinajstić information content (AvgIpc) is 2.55. The maximum absolute atomic E-state index is 3.70. The Morgan fingerprint density at radius 2 is 1.73 bits per heavy atom. The summed E-state index contributed by atoms with van der Waals surface area (Å²) in [6.07, 6.45) is 8.43. The Kier molecular flexibility index (Phi) is 2.40. The first-order valence-corrected chi connectivity index (χ1v) is 6.30. The van der Waals surface area contributed by atoms with Gasteiger partial charge in [0.15, 0.2) is 0 Å². The molecule has 0 aromatic heterocycles. The molecule has 1 heterocycles. The molecular weight excluding hydrogens is 182 g/mol. The second-order valence-electron chi connectivity index (χ2n) is 4.94. The number of rotatable bonds is 0. The molecule has 0 amide bonds. The van der Waals surface area contributed by atoms with Crippen molar-refractivity contribution in [1.82, 2.24) is 0 Å². The van der Waals surface area contributed by atoms with Crippen LogP contribution in [0.25, 0.3) is 0 Å². The molecule has 15 heavy (non-hydrogen) atoms. The van der Waals surface area contributed by atoms with E-state index in [4.69, 9.17) is 0 Å². The molecule has 1 N–H and O–H groups in total. The van der Waals surface area contributed by atoms with Crippen molar-refractivity contribution in [3.05, 3.63) is 29.8 Å². The van der Waals surface area contributed by atoms with Crippen molar-refractivity contribution >= 4 is 5.69 Å². The highest BCUT2D eigenvalue weighted by Crippen LogP contribution is 2.41. The second-order valence-corrected chi connectivity index (χ2v) is 4.94. The number of anilines is 1. The fourth-order valence-electron chi connectivity index (χ4n) is 3.18. The summed E-state index contributed by atoms with van der Waals surface area (Å²) in [6.45, 7) is 0. The number of benzene rings is 1. The smallest absolute Gasteiger partial charge is 0.0378 e. The second kappa shape index (κ2) is 3.88. The standard InChI is InChI=1S/C14H19N/c1-2-4-9-13-11(7-3-1)12-8-5-6-10-14(12)15-13/h5-6,8,10-11,13,15H,1-4,7,9H2/t11-,13-/m1/s1. The van der Waals surface area contributed by atoms with Crippen molar-refractivity contribution in [2.75, 3.05) is 5.32 Å². The first kappa shape index (κ1) is 9.26. The summed E-state index contributed by atoms with van der Waals surface area (Å²) in [5.41, 5.74) is 2.97. The van der Waals surface area contributed by atoms with E-state index >= 15 is 0 Å². The maximum Gasteiger partial charge on any atom is 0.0378 e. The molecule has 1 aliphatic heterocycles. The molecule has 1 fully saturated rings. The lowest BCUT2D eigenvalue weighted by Gasteiger charge is -2.23. The summed E-state index contributed by atoms with van der Waals surface area (Å²) < 4.78 is 0. The lowest BCUT2D eigenvalue weighted by Crippen LogP contribution is -2.21. The first-order chi connectivity index (χ1) is 7.45. The predicted octanol–water partition coefficient (Wildman–Crippen LogP) is 3.92. The van der Waals surface area contributed by atoms with Crippen LogP contribution in [0.2, 0.25) is 0 Å². The minimum Gasteiger partial charge on any atom is -0.381 e. The van der Waals surface area contributed by atoms with Gasteiger partial charge in [0.2, 0.25) is 0 Å². The van der Waals surface area contributed by atoms with Crippen molar-refractivity contribution < 1.29 is 0 Å². The maximum atomic E-state index is 3.70. The minimum atomic E-state index is 0.725. The molecule has 0 saturated heterocycles. The summed E-state index contributed by atoms with van der Waals surface area (Å²) in [5.74, 6) is 0.793. The highest BCUT2D eigenvalue weighted by molar-refractivity contribution is 5.59. The van der Waals surface area contributed by atoms with Gasteiger partial charge in [0.25, 0.3) is 0 Å². The van der Waals surface area contributed by atoms with Crippen LogP contribution in [0.15, 0.2) is 24.3 Å². The number of fused-ring (bicyclic) bond motifs is 3. The molecule has 1 saturated carbocycles. The van der Waals surface area contributed by atoms with Crippen molar-refractivity contribution in [2.24, 2.45) is 0 Å². The van der Waals surface area contributed by atoms with Crippen LogP contribution in [0.4, 0.5) is 5.69 Å². The highest BCUT2D eigenvalue weighted by Gasteiger charge is 2.31. The lowest BCUT2D eigenvalue weighted by molar-refractivity contribution is 0.437. The van der Waals surface area contributed by atoms with Gasteiger partial charge in [0.1, 0.15) is 0 Å². The zero-order valence-electron chi connectivity index (χ0n) is 9.21. The van der Waals surface area contributed by atoms with Crippen molar-refractivity contribution in [3.63, 3.8) is 0 Å². The van der Waals surface area contributed by atoms with E-state index in [9.17, 15) is 0 Å². The monoisotopic (exact) mass is 201 g/mol. The van der Waals surface area contributed by atoms with Crippen LogP contribution in [0, 0.1) is 0 Å². The van der Waals surface area contributed by atoms with Gasteiger partial charge < -0.3 is 5.32 Å². The summed E-state index contributed by atoms with van der Waals surface area (Å²) in [4.78, 5) is 0. The molecule has 1 aliphatic carbocycles. The van der Waals surface area contributed by atoms with E-state index in [1.165, 1.54) is 44.2 Å². The zero-order chi connectivity index (χ0) is 10.1. The molecule has 80 valence electrons. The Labute approximate surface area is 91.9 Å². The van der Waals surface area contributed by atoms with E-state index in [-0.39, 0.29) is 0 Å². The van der Waals surface area contributed by atoms with Gasteiger partial charge in [-0.05, 0) is 24.5 Å². The van der Waals surface area contributed by atoms with Gasteiger partial charge in [-0.15, -0.1) is 0 Å². The summed E-state index contributed by atoms with van der Waals surface area (Å²) >= 11 is 0. The molecule has 0 unspecified atom stereocenters. The molecule has 1 heteroatoms. The van der Waals surface area contributed by atoms with Crippen LogP contribution in [0.1, 0.15) is 50.0 Å². The van der Waals surface area contributed by atoms with Crippen molar-refractivity contribution in [3.8, 4) is 0 Å². The molecule has 0 bridgehead atoms. The van der Waals surface area contributed by atoms with E-state index in [1.807, 2.05) is 0 Å². The third-order valence-electron chi connectivity index (χ3n) is 3.97. The predicted molar refractivity (Wildman–Crippen MR) is 64.3 cm³/mol. The molecular formula is C14H19N. The van der Waals surface area contributed by atoms with Crippen molar-refractivity contribution in [1.29, 1.82) is 0 Å². The third kappa shape index (κ3) is 1.64. The number of nitrogens with one attached hydrogen (secondary N) is 1. The van der Waals surface area contributed by atoms with Crippen LogP contribution in [0.5, 0.6) is 0 Å². The van der Waals surface area contributed by atoms with Gasteiger partial charge in [-0.25, -0.2) is 0 Å². The fourth-order valence-corrected chi connectivity index (χ4v) is 3.18. The summed E-state index contributed by atoms with van der Waals surface area (Å²) in [6, 6.07) is 9.60. The van der Waals surface area contributed by atoms with Crippen molar-refractivity contribution in [2.45, 2.75) is 50.5 Å². The molecule has 0 radical (unpaired) electrons. The molecule has 1 aromatic carbocycles. The average molecular weight is 201 g/mol. The van der Waals surface area contributed by atoms with Gasteiger partial charge in [-0.2, -0.15) is 0 Å². The Balaban J connectivity index is 1.89. The molecule has 2 aliphatic rings. The van der Waals surface area contributed by atoms with Gasteiger partial charge in [-0.3, -0.25) is 0 Å². The lowest BCUT2D eigenvalue weighted by atomic mass is 9.85. The van der Waals surface area contributed by atoms with E-state index in [0.29, 0.717) is 0 Å². The molecule has 0 spiro atoms. The Morgan fingerprint density at radius 1 is 0.933 bits per heavy atom. The minimum absolute atomic E-state index is 0.725. The van der Waals surface area contributed by atoms with E-state index in [0.717, 1.165) is 12.0 Å². The normalized spacial score (nSPS) is 29.6. The SMILES string of the molecule is c1ccc2c(c1)N[C@@H]1CCCCCC[C@H]21. The Hall–Kier alpha value is -0.980. The van der Waals surface area contributed by atoms with Gasteiger partial charge in [0, 0.05) is 17.6 Å². The zero-order valence-corrected chi connectivity index (χ0v) is 9.21. The highest BCUT2D eigenvalue weighted by atomic mass is 15.0. The summed E-state index contributed by atoms with van der Waals surface area (Å²) in [7, 11) is 0. The molecule has 3 rings (SSSR count). The number of hydrogen-bond acceptors (Lipinski definition) is 1. The largest absolute Gasteiger partial charge is 0.381 e. The van der Waals surface area contributed by atoms with E-state index in [1.54, 1.807) is 5.56 Å². The van der Waals surface area contributed by atoms with Crippen LogP contribution in [0.3, 0.4) is 0 Å². The van der Waals surface area contributed by atoms with Crippen LogP contribution >= 0.6 is 0 Å². The quantitative estimate of drug-likeness (QED) is 0.671. The van der Waals surface area contributed by atoms with Gasteiger partial charge in [-0.1, -0.05) is 43.9 Å². The topological polar surface area (TPSA) is 12.0 Å². The van der Waals surface area contributed by atoms with Crippen LogP contribution in [-0.4, -0.2) is 6.04 Å². The number of hydrogen-bond donors (Lipinski definition) is 1. The molecule has 1 nitrogen and oxygen atoms in total. The fraction of sp³-hybridized carbons (Fsp3) is 0.571. The first-order valence-electron chi connectivity index (χ1n) is 6.30. The van der Waals surface area contributed by atoms with E-state index < -0.39 is 0 Å². The van der Waals surface area contributed by atoms with Crippen LogP contribution in [-0.2, 0) is 0 Å². The Bertz CT molecular complexity index is 345.